The number of hydrogen-bond acceptors (Lipinski definition) is 3. The highest BCUT2D eigenvalue weighted by atomic mass is 35.5. The summed E-state index contributed by atoms with van der Waals surface area (Å²) in [6.07, 6.45) is 0. The van der Waals surface area contributed by atoms with Crippen LogP contribution in [-0.4, -0.2) is 20.7 Å². The predicted molar refractivity (Wildman–Crippen MR) is 125 cm³/mol. The molecule has 1 amide bonds. The molecule has 0 aliphatic rings. The SMILES string of the molecule is Cc1cccc(NC(=O)c2nc(-c3cccc(Cl)c3)n(-c3cccc(Cl)c3C)n2)c1C. The third-order valence-corrected chi connectivity index (χ3v) is 5.86. The summed E-state index contributed by atoms with van der Waals surface area (Å²) in [5.74, 6) is 0.157. The van der Waals surface area contributed by atoms with E-state index in [2.05, 4.69) is 15.4 Å². The Bertz CT molecular complexity index is 1300. The molecule has 31 heavy (non-hydrogen) atoms. The van der Waals surface area contributed by atoms with Crippen molar-refractivity contribution in [3.8, 4) is 17.1 Å². The van der Waals surface area contributed by atoms with E-state index in [0.29, 0.717) is 15.9 Å². The van der Waals surface area contributed by atoms with Gasteiger partial charge in [0.05, 0.1) is 5.69 Å². The molecule has 0 fully saturated rings. The average Bonchev–Trinajstić information content (AvgIpc) is 3.19. The van der Waals surface area contributed by atoms with Crippen LogP contribution in [0.2, 0.25) is 10.0 Å². The van der Waals surface area contributed by atoms with Crippen molar-refractivity contribution in [2.24, 2.45) is 0 Å². The van der Waals surface area contributed by atoms with Crippen LogP contribution in [0.25, 0.3) is 17.1 Å². The molecule has 4 aromatic rings. The van der Waals surface area contributed by atoms with Gasteiger partial charge in [0.2, 0.25) is 5.82 Å². The third kappa shape index (κ3) is 4.20. The van der Waals surface area contributed by atoms with Gasteiger partial charge in [-0.1, -0.05) is 53.5 Å². The average molecular weight is 451 g/mol. The van der Waals surface area contributed by atoms with Crippen LogP contribution >= 0.6 is 23.2 Å². The largest absolute Gasteiger partial charge is 0.319 e. The Morgan fingerprint density at radius 2 is 1.68 bits per heavy atom. The minimum absolute atomic E-state index is 0.0512. The van der Waals surface area contributed by atoms with Crippen LogP contribution in [-0.2, 0) is 0 Å². The Balaban J connectivity index is 1.82. The highest BCUT2D eigenvalue weighted by Gasteiger charge is 2.21. The Morgan fingerprint density at radius 3 is 2.45 bits per heavy atom. The second-order valence-electron chi connectivity index (χ2n) is 7.27. The number of halogens is 2. The summed E-state index contributed by atoms with van der Waals surface area (Å²) in [4.78, 5) is 17.6. The van der Waals surface area contributed by atoms with E-state index >= 15 is 0 Å². The fraction of sp³-hybridized carbons (Fsp3) is 0.125. The Hall–Kier alpha value is -3.15. The fourth-order valence-electron chi connectivity index (χ4n) is 3.28. The number of amides is 1. The van der Waals surface area contributed by atoms with Crippen molar-refractivity contribution in [2.75, 3.05) is 5.32 Å². The molecule has 0 atom stereocenters. The second-order valence-corrected chi connectivity index (χ2v) is 8.11. The molecule has 3 aromatic carbocycles. The summed E-state index contributed by atoms with van der Waals surface area (Å²) >= 11 is 12.5. The highest BCUT2D eigenvalue weighted by molar-refractivity contribution is 6.31. The molecule has 1 heterocycles. The van der Waals surface area contributed by atoms with Gasteiger partial charge in [0.25, 0.3) is 5.91 Å². The van der Waals surface area contributed by atoms with E-state index in [0.717, 1.165) is 33.6 Å². The van der Waals surface area contributed by atoms with Gasteiger partial charge in [-0.25, -0.2) is 9.67 Å². The monoisotopic (exact) mass is 450 g/mol. The number of carbonyl (C=O) groups excluding carboxylic acids is 1. The topological polar surface area (TPSA) is 59.8 Å². The zero-order valence-electron chi connectivity index (χ0n) is 17.3. The van der Waals surface area contributed by atoms with E-state index in [1.54, 1.807) is 16.8 Å². The number of nitrogens with zero attached hydrogens (tertiary/aromatic N) is 3. The second kappa shape index (κ2) is 8.53. The molecule has 0 radical (unpaired) electrons. The molecule has 0 aliphatic carbocycles. The van der Waals surface area contributed by atoms with Crippen molar-refractivity contribution >= 4 is 34.8 Å². The van der Waals surface area contributed by atoms with Crippen LogP contribution in [0, 0.1) is 20.8 Å². The van der Waals surface area contributed by atoms with Gasteiger partial charge in [-0.2, -0.15) is 0 Å². The maximum Gasteiger partial charge on any atom is 0.295 e. The lowest BCUT2D eigenvalue weighted by molar-refractivity contribution is 0.101. The van der Waals surface area contributed by atoms with E-state index in [4.69, 9.17) is 23.2 Å². The first-order chi connectivity index (χ1) is 14.8. The van der Waals surface area contributed by atoms with E-state index in [9.17, 15) is 4.79 Å². The lowest BCUT2D eigenvalue weighted by atomic mass is 10.1. The maximum absolute atomic E-state index is 13.0. The summed E-state index contributed by atoms with van der Waals surface area (Å²) in [5.41, 5.74) is 5.12. The molecule has 0 spiro atoms. The number of hydrogen-bond donors (Lipinski definition) is 1. The molecule has 1 N–H and O–H groups in total. The zero-order chi connectivity index (χ0) is 22.1. The predicted octanol–water partition coefficient (Wildman–Crippen LogP) is 6.42. The highest BCUT2D eigenvalue weighted by Crippen LogP contribution is 2.28. The molecule has 4 rings (SSSR count). The van der Waals surface area contributed by atoms with Crippen molar-refractivity contribution in [3.63, 3.8) is 0 Å². The molecule has 7 heteroatoms. The molecular formula is C24H20Cl2N4O. The van der Waals surface area contributed by atoms with Crippen LogP contribution < -0.4 is 5.32 Å². The quantitative estimate of drug-likeness (QED) is 0.390. The first-order valence-electron chi connectivity index (χ1n) is 9.71. The number of anilines is 1. The summed E-state index contributed by atoms with van der Waals surface area (Å²) in [7, 11) is 0. The summed E-state index contributed by atoms with van der Waals surface area (Å²) in [6, 6.07) is 18.6. The van der Waals surface area contributed by atoms with Crippen LogP contribution in [0.5, 0.6) is 0 Å². The first-order valence-corrected chi connectivity index (χ1v) is 10.5. The smallest absolute Gasteiger partial charge is 0.295 e. The molecular weight excluding hydrogens is 431 g/mol. The Morgan fingerprint density at radius 1 is 0.935 bits per heavy atom. The number of aryl methyl sites for hydroxylation is 1. The van der Waals surface area contributed by atoms with Gasteiger partial charge in [-0.3, -0.25) is 4.79 Å². The standard InChI is InChI=1S/C24H20Cl2N4O/c1-14-7-4-11-20(15(14)2)27-24(31)22-28-23(17-8-5-9-18(25)13-17)30(29-22)21-12-6-10-19(26)16(21)3/h4-13H,1-3H3,(H,27,31). The third-order valence-electron chi connectivity index (χ3n) is 5.21. The van der Waals surface area contributed by atoms with Gasteiger partial charge in [-0.15, -0.1) is 5.10 Å². The molecule has 0 saturated carbocycles. The molecule has 0 bridgehead atoms. The molecule has 1 aromatic heterocycles. The van der Waals surface area contributed by atoms with E-state index in [-0.39, 0.29) is 5.82 Å². The minimum atomic E-state index is -0.393. The van der Waals surface area contributed by atoms with Crippen LogP contribution in [0.1, 0.15) is 27.3 Å². The van der Waals surface area contributed by atoms with Gasteiger partial charge in [-0.05, 0) is 67.8 Å². The van der Waals surface area contributed by atoms with Gasteiger partial charge >= 0.3 is 0 Å². The normalized spacial score (nSPS) is 10.9. The molecule has 0 unspecified atom stereocenters. The van der Waals surface area contributed by atoms with Crippen LogP contribution in [0.3, 0.4) is 0 Å². The van der Waals surface area contributed by atoms with Crippen molar-refractivity contribution in [1.29, 1.82) is 0 Å². The Labute approximate surface area is 190 Å². The number of rotatable bonds is 4. The van der Waals surface area contributed by atoms with Gasteiger partial charge in [0.1, 0.15) is 0 Å². The number of nitrogens with one attached hydrogen (secondary N) is 1. The van der Waals surface area contributed by atoms with Gasteiger partial charge in [0.15, 0.2) is 5.82 Å². The minimum Gasteiger partial charge on any atom is -0.319 e. The van der Waals surface area contributed by atoms with E-state index < -0.39 is 5.91 Å². The number of carbonyl (C=O) groups is 1. The molecule has 156 valence electrons. The van der Waals surface area contributed by atoms with Gasteiger partial charge < -0.3 is 5.32 Å². The van der Waals surface area contributed by atoms with Crippen LogP contribution in [0.15, 0.2) is 60.7 Å². The number of benzene rings is 3. The molecule has 0 saturated heterocycles. The maximum atomic E-state index is 13.0. The molecule has 5 nitrogen and oxygen atoms in total. The first kappa shape index (κ1) is 21.1. The van der Waals surface area contributed by atoms with Gasteiger partial charge in [0, 0.05) is 21.3 Å². The summed E-state index contributed by atoms with van der Waals surface area (Å²) in [5, 5.41) is 8.62. The zero-order valence-corrected chi connectivity index (χ0v) is 18.8. The fourth-order valence-corrected chi connectivity index (χ4v) is 3.64. The van der Waals surface area contributed by atoms with Crippen molar-refractivity contribution in [3.05, 3.63) is 93.2 Å². The Kier molecular flexibility index (Phi) is 5.81. The van der Waals surface area contributed by atoms with Crippen LogP contribution in [0.4, 0.5) is 5.69 Å². The summed E-state index contributed by atoms with van der Waals surface area (Å²) < 4.78 is 1.63. The van der Waals surface area contributed by atoms with E-state index in [1.165, 1.54) is 0 Å². The summed E-state index contributed by atoms with van der Waals surface area (Å²) in [6.45, 7) is 5.86. The number of aromatic nitrogens is 3. The van der Waals surface area contributed by atoms with Crippen molar-refractivity contribution < 1.29 is 4.79 Å². The lowest BCUT2D eigenvalue weighted by Crippen LogP contribution is -2.15. The van der Waals surface area contributed by atoms with E-state index in [1.807, 2.05) is 69.3 Å². The molecule has 0 aliphatic heterocycles. The van der Waals surface area contributed by atoms with Crippen molar-refractivity contribution in [1.82, 2.24) is 14.8 Å². The lowest BCUT2D eigenvalue weighted by Gasteiger charge is -2.10. The van der Waals surface area contributed by atoms with Crippen molar-refractivity contribution in [2.45, 2.75) is 20.8 Å².